The van der Waals surface area contributed by atoms with Crippen LogP contribution in [0.2, 0.25) is 0 Å². The van der Waals surface area contributed by atoms with E-state index in [9.17, 15) is 4.39 Å². The lowest BCUT2D eigenvalue weighted by molar-refractivity contribution is 0.627. The van der Waals surface area contributed by atoms with E-state index in [1.54, 1.807) is 23.5 Å². The Morgan fingerprint density at radius 3 is 2.67 bits per heavy atom. The van der Waals surface area contributed by atoms with Crippen LogP contribution >= 0.6 is 11.3 Å². The van der Waals surface area contributed by atoms with Crippen LogP contribution in [0.25, 0.3) is 0 Å². The maximum absolute atomic E-state index is 13.9. The molecule has 21 heavy (non-hydrogen) atoms. The van der Waals surface area contributed by atoms with Crippen molar-refractivity contribution in [3.05, 3.63) is 40.7 Å². The van der Waals surface area contributed by atoms with Gasteiger partial charge in [-0.05, 0) is 24.6 Å². The molecule has 2 aromatic rings. The Labute approximate surface area is 129 Å². The Balaban J connectivity index is 2.33. The molecule has 1 N–H and O–H groups in total. The highest BCUT2D eigenvalue weighted by Crippen LogP contribution is 2.34. The molecule has 0 aliphatic rings. The Bertz CT molecular complexity index is 595. The number of hydrogen-bond acceptors (Lipinski definition) is 4. The lowest BCUT2D eigenvalue weighted by Gasteiger charge is -2.16. The summed E-state index contributed by atoms with van der Waals surface area (Å²) in [7, 11) is 1.86. The third-order valence-corrected chi connectivity index (χ3v) is 4.45. The Morgan fingerprint density at radius 2 is 2.05 bits per heavy atom. The van der Waals surface area contributed by atoms with Crippen LogP contribution in [0.15, 0.2) is 24.3 Å². The zero-order chi connectivity index (χ0) is 15.4. The zero-order valence-electron chi connectivity index (χ0n) is 13.0. The van der Waals surface area contributed by atoms with Gasteiger partial charge in [0, 0.05) is 18.5 Å². The molecule has 0 aliphatic carbocycles. The second-order valence-electron chi connectivity index (χ2n) is 5.25. The highest BCUT2D eigenvalue weighted by molar-refractivity contribution is 7.15. The molecule has 0 aliphatic heterocycles. The molecule has 0 spiro atoms. The van der Waals surface area contributed by atoms with Gasteiger partial charge in [0.15, 0.2) is 5.13 Å². The summed E-state index contributed by atoms with van der Waals surface area (Å²) in [6.45, 7) is 8.10. The molecular weight excluding hydrogens is 285 g/mol. The van der Waals surface area contributed by atoms with Gasteiger partial charge in [-0.25, -0.2) is 9.37 Å². The van der Waals surface area contributed by atoms with Gasteiger partial charge in [0.25, 0.3) is 0 Å². The second-order valence-corrected chi connectivity index (χ2v) is 6.31. The van der Waals surface area contributed by atoms with E-state index in [1.807, 2.05) is 18.0 Å². The lowest BCUT2D eigenvalue weighted by atomic mass is 10.1. The molecule has 2 rings (SSSR count). The van der Waals surface area contributed by atoms with Gasteiger partial charge >= 0.3 is 0 Å². The average molecular weight is 307 g/mol. The van der Waals surface area contributed by atoms with E-state index >= 15 is 0 Å². The fraction of sp³-hybridized carbons (Fsp3) is 0.438. The van der Waals surface area contributed by atoms with Crippen molar-refractivity contribution in [3.8, 4) is 0 Å². The van der Waals surface area contributed by atoms with E-state index in [0.29, 0.717) is 11.6 Å². The van der Waals surface area contributed by atoms with E-state index in [4.69, 9.17) is 4.98 Å². The van der Waals surface area contributed by atoms with Crippen LogP contribution in [-0.2, 0) is 6.54 Å². The number of rotatable bonds is 6. The molecular formula is C16H22FN3S. The molecule has 0 radical (unpaired) electrons. The fourth-order valence-electron chi connectivity index (χ4n) is 2.14. The zero-order valence-corrected chi connectivity index (χ0v) is 13.8. The van der Waals surface area contributed by atoms with Crippen molar-refractivity contribution in [1.82, 2.24) is 10.3 Å². The first-order valence-electron chi connectivity index (χ1n) is 7.23. The summed E-state index contributed by atoms with van der Waals surface area (Å²) in [6, 6.07) is 6.79. The minimum atomic E-state index is -0.227. The standard InChI is InChI=1S/C16H22FN3S/c1-5-18-10-14-15(11(2)3)19-16(21-14)20(4)13-9-7-6-8-12(13)17/h6-9,11,18H,5,10H2,1-4H3. The maximum atomic E-state index is 13.9. The summed E-state index contributed by atoms with van der Waals surface area (Å²) in [4.78, 5) is 7.77. The number of anilines is 2. The predicted molar refractivity (Wildman–Crippen MR) is 88.0 cm³/mol. The Hall–Kier alpha value is -1.46. The van der Waals surface area contributed by atoms with Crippen LogP contribution in [0.4, 0.5) is 15.2 Å². The number of hydrogen-bond donors (Lipinski definition) is 1. The van der Waals surface area contributed by atoms with E-state index in [2.05, 4.69) is 26.1 Å². The smallest absolute Gasteiger partial charge is 0.190 e. The van der Waals surface area contributed by atoms with E-state index in [1.165, 1.54) is 10.9 Å². The molecule has 0 saturated carbocycles. The van der Waals surface area contributed by atoms with E-state index < -0.39 is 0 Å². The second kappa shape index (κ2) is 7.00. The highest BCUT2D eigenvalue weighted by Gasteiger charge is 2.18. The number of halogens is 1. The van der Waals surface area contributed by atoms with Gasteiger partial charge in [-0.3, -0.25) is 0 Å². The number of benzene rings is 1. The molecule has 114 valence electrons. The molecule has 5 heteroatoms. The number of nitrogens with one attached hydrogen (secondary N) is 1. The summed E-state index contributed by atoms with van der Waals surface area (Å²) in [6.07, 6.45) is 0. The molecule has 0 unspecified atom stereocenters. The van der Waals surface area contributed by atoms with Gasteiger partial charge in [0.1, 0.15) is 5.82 Å². The monoisotopic (exact) mass is 307 g/mol. The predicted octanol–water partition coefficient (Wildman–Crippen LogP) is 4.28. The minimum Gasteiger partial charge on any atom is -0.318 e. The maximum Gasteiger partial charge on any atom is 0.190 e. The number of aromatic nitrogens is 1. The lowest BCUT2D eigenvalue weighted by Crippen LogP contribution is -2.12. The SMILES string of the molecule is CCNCc1sc(N(C)c2ccccc2F)nc1C(C)C. The third-order valence-electron chi connectivity index (χ3n) is 3.30. The van der Waals surface area contributed by atoms with Gasteiger partial charge in [0.05, 0.1) is 11.4 Å². The normalized spacial score (nSPS) is 11.1. The topological polar surface area (TPSA) is 28.2 Å². The molecule has 0 atom stereocenters. The number of para-hydroxylation sites is 1. The molecule has 1 aromatic carbocycles. The fourth-order valence-corrected chi connectivity index (χ4v) is 3.30. The largest absolute Gasteiger partial charge is 0.318 e. The summed E-state index contributed by atoms with van der Waals surface area (Å²) in [5.74, 6) is 0.132. The first kappa shape index (κ1) is 15.9. The summed E-state index contributed by atoms with van der Waals surface area (Å²) >= 11 is 1.63. The molecule has 3 nitrogen and oxygen atoms in total. The molecule has 0 fully saturated rings. The molecule has 0 bridgehead atoms. The summed E-state index contributed by atoms with van der Waals surface area (Å²) in [5.41, 5.74) is 1.65. The minimum absolute atomic E-state index is 0.227. The van der Waals surface area contributed by atoms with Crippen molar-refractivity contribution in [3.63, 3.8) is 0 Å². The molecule has 1 aromatic heterocycles. The van der Waals surface area contributed by atoms with Crippen molar-refractivity contribution in [2.75, 3.05) is 18.5 Å². The first-order chi connectivity index (χ1) is 10.0. The quantitative estimate of drug-likeness (QED) is 0.863. The molecule has 1 heterocycles. The van der Waals surface area contributed by atoms with Crippen molar-refractivity contribution >= 4 is 22.2 Å². The summed E-state index contributed by atoms with van der Waals surface area (Å²) in [5, 5.41) is 4.17. The highest BCUT2D eigenvalue weighted by atomic mass is 32.1. The third kappa shape index (κ3) is 3.60. The van der Waals surface area contributed by atoms with Gasteiger partial charge in [-0.1, -0.05) is 44.2 Å². The van der Waals surface area contributed by atoms with Crippen molar-refractivity contribution < 1.29 is 4.39 Å². The van der Waals surface area contributed by atoms with Crippen molar-refractivity contribution in [2.45, 2.75) is 33.2 Å². The van der Waals surface area contributed by atoms with E-state index in [0.717, 1.165) is 23.9 Å². The number of thiazole rings is 1. The summed E-state index contributed by atoms with van der Waals surface area (Å²) < 4.78 is 13.9. The first-order valence-corrected chi connectivity index (χ1v) is 8.04. The van der Waals surface area contributed by atoms with Gasteiger partial charge < -0.3 is 10.2 Å². The molecule has 0 amide bonds. The van der Waals surface area contributed by atoms with Crippen LogP contribution in [0.1, 0.15) is 37.3 Å². The van der Waals surface area contributed by atoms with Crippen molar-refractivity contribution in [1.29, 1.82) is 0 Å². The van der Waals surface area contributed by atoms with Crippen LogP contribution < -0.4 is 10.2 Å². The Morgan fingerprint density at radius 1 is 1.33 bits per heavy atom. The van der Waals surface area contributed by atoms with E-state index in [-0.39, 0.29) is 5.82 Å². The van der Waals surface area contributed by atoms with Crippen LogP contribution in [0.5, 0.6) is 0 Å². The van der Waals surface area contributed by atoms with Crippen LogP contribution in [0, 0.1) is 5.82 Å². The Kier molecular flexibility index (Phi) is 5.31. The van der Waals surface area contributed by atoms with Gasteiger partial charge in [-0.15, -0.1) is 0 Å². The molecule has 0 saturated heterocycles. The number of nitrogens with zero attached hydrogens (tertiary/aromatic N) is 2. The average Bonchev–Trinajstić information content (AvgIpc) is 2.89. The van der Waals surface area contributed by atoms with Gasteiger partial charge in [-0.2, -0.15) is 0 Å². The van der Waals surface area contributed by atoms with Crippen LogP contribution in [0.3, 0.4) is 0 Å². The van der Waals surface area contributed by atoms with Gasteiger partial charge in [0.2, 0.25) is 0 Å². The van der Waals surface area contributed by atoms with Crippen molar-refractivity contribution in [2.24, 2.45) is 0 Å². The van der Waals surface area contributed by atoms with Crippen LogP contribution in [-0.4, -0.2) is 18.6 Å².